The second kappa shape index (κ2) is 8.34. The molecule has 3 rings (SSSR count). The van der Waals surface area contributed by atoms with Crippen LogP contribution in [-0.2, 0) is 10.0 Å². The highest BCUT2D eigenvalue weighted by Crippen LogP contribution is 2.35. The zero-order chi connectivity index (χ0) is 21.9. The standard InChI is InChI=1S/C20H16F2N4O3S/c1-3-4-12-5-6-13-18(11-25-20(13)19(12)24-2)30(27,28)26-16-9-15(22)17(10-14(16)21)29-8-7-23/h3-6,9-11,25-26H,2,8H2,1H3/b4-3-. The highest BCUT2D eigenvalue weighted by Gasteiger charge is 2.23. The number of hydrogen-bond acceptors (Lipinski definition) is 5. The highest BCUT2D eigenvalue weighted by molar-refractivity contribution is 7.93. The van der Waals surface area contributed by atoms with Crippen molar-refractivity contribution in [1.29, 1.82) is 5.26 Å². The molecule has 0 aliphatic heterocycles. The summed E-state index contributed by atoms with van der Waals surface area (Å²) in [6.45, 7) is 4.87. The molecule has 0 radical (unpaired) electrons. The summed E-state index contributed by atoms with van der Waals surface area (Å²) in [6.07, 6.45) is 4.84. The third-order valence-electron chi connectivity index (χ3n) is 4.17. The number of hydrogen-bond donors (Lipinski definition) is 2. The monoisotopic (exact) mass is 430 g/mol. The van der Waals surface area contributed by atoms with Crippen molar-refractivity contribution < 1.29 is 21.9 Å². The molecule has 0 unspecified atom stereocenters. The van der Waals surface area contributed by atoms with Crippen molar-refractivity contribution in [2.45, 2.75) is 11.8 Å². The van der Waals surface area contributed by atoms with Gasteiger partial charge < -0.3 is 9.72 Å². The molecule has 0 aliphatic rings. The SMILES string of the molecule is C=Nc1c(/C=C\C)ccc2c(S(=O)(=O)Nc3cc(F)c(OCC#N)cc3F)c[nH]c12. The van der Waals surface area contributed by atoms with E-state index >= 15 is 0 Å². The van der Waals surface area contributed by atoms with Gasteiger partial charge in [0.2, 0.25) is 0 Å². The molecular formula is C20H16F2N4O3S. The number of rotatable bonds is 7. The Hall–Kier alpha value is -3.71. The van der Waals surface area contributed by atoms with Crippen LogP contribution < -0.4 is 9.46 Å². The Morgan fingerprint density at radius 1 is 1.33 bits per heavy atom. The minimum absolute atomic E-state index is 0.168. The average molecular weight is 430 g/mol. The van der Waals surface area contributed by atoms with Crippen molar-refractivity contribution >= 4 is 45.1 Å². The van der Waals surface area contributed by atoms with Crippen LogP contribution in [0.15, 0.2) is 46.4 Å². The summed E-state index contributed by atoms with van der Waals surface area (Å²) in [4.78, 5) is 6.65. The highest BCUT2D eigenvalue weighted by atomic mass is 32.2. The molecule has 0 saturated carbocycles. The van der Waals surface area contributed by atoms with E-state index in [1.807, 2.05) is 11.6 Å². The largest absolute Gasteiger partial charge is 0.476 e. The molecule has 0 atom stereocenters. The molecule has 7 nitrogen and oxygen atoms in total. The van der Waals surface area contributed by atoms with Gasteiger partial charge in [0, 0.05) is 29.3 Å². The van der Waals surface area contributed by atoms with E-state index in [1.54, 1.807) is 30.4 Å². The molecule has 154 valence electrons. The van der Waals surface area contributed by atoms with E-state index in [2.05, 4.69) is 16.7 Å². The number of halogens is 2. The maximum Gasteiger partial charge on any atom is 0.264 e. The van der Waals surface area contributed by atoms with Crippen LogP contribution in [0.4, 0.5) is 20.2 Å². The predicted octanol–water partition coefficient (Wildman–Crippen LogP) is 4.51. The first-order valence-electron chi connectivity index (χ1n) is 8.57. The van der Waals surface area contributed by atoms with Crippen LogP contribution in [0.1, 0.15) is 12.5 Å². The van der Waals surface area contributed by atoms with Crippen molar-refractivity contribution in [3.05, 3.63) is 53.7 Å². The van der Waals surface area contributed by atoms with E-state index in [1.165, 1.54) is 6.20 Å². The van der Waals surface area contributed by atoms with Gasteiger partial charge in [0.1, 0.15) is 11.0 Å². The van der Waals surface area contributed by atoms with E-state index in [9.17, 15) is 17.2 Å². The van der Waals surface area contributed by atoms with Gasteiger partial charge in [0.25, 0.3) is 10.0 Å². The quantitative estimate of drug-likeness (QED) is 0.538. The van der Waals surface area contributed by atoms with Crippen molar-refractivity contribution in [3.8, 4) is 11.8 Å². The second-order valence-electron chi connectivity index (χ2n) is 6.05. The predicted molar refractivity (Wildman–Crippen MR) is 110 cm³/mol. The summed E-state index contributed by atoms with van der Waals surface area (Å²) in [6, 6.07) is 6.21. The summed E-state index contributed by atoms with van der Waals surface area (Å²) in [5.41, 5.74) is 1.04. The number of aromatic nitrogens is 1. The summed E-state index contributed by atoms with van der Waals surface area (Å²) >= 11 is 0. The van der Waals surface area contributed by atoms with Crippen molar-refractivity contribution in [2.24, 2.45) is 4.99 Å². The van der Waals surface area contributed by atoms with Crippen LogP contribution >= 0.6 is 0 Å². The first kappa shape index (κ1) is 21.0. The average Bonchev–Trinajstić information content (AvgIpc) is 3.14. The summed E-state index contributed by atoms with van der Waals surface area (Å²) in [7, 11) is -4.28. The lowest BCUT2D eigenvalue weighted by molar-refractivity contribution is 0.344. The summed E-state index contributed by atoms with van der Waals surface area (Å²) < 4.78 is 60.9. The van der Waals surface area contributed by atoms with Gasteiger partial charge in [0.05, 0.1) is 16.9 Å². The van der Waals surface area contributed by atoms with E-state index in [0.717, 1.165) is 5.56 Å². The fraction of sp³-hybridized carbons (Fsp3) is 0.100. The van der Waals surface area contributed by atoms with E-state index in [0.29, 0.717) is 28.7 Å². The van der Waals surface area contributed by atoms with Crippen LogP contribution in [0.25, 0.3) is 17.0 Å². The molecule has 30 heavy (non-hydrogen) atoms. The van der Waals surface area contributed by atoms with E-state index in [4.69, 9.17) is 10.00 Å². The maximum absolute atomic E-state index is 14.3. The molecule has 3 aromatic rings. The number of H-pyrrole nitrogens is 1. The number of anilines is 1. The van der Waals surface area contributed by atoms with E-state index in [-0.39, 0.29) is 4.90 Å². The number of ether oxygens (including phenoxy) is 1. The zero-order valence-electron chi connectivity index (χ0n) is 15.7. The number of sulfonamides is 1. The Bertz CT molecular complexity index is 1310. The van der Waals surface area contributed by atoms with Gasteiger partial charge in [-0.3, -0.25) is 9.71 Å². The lowest BCUT2D eigenvalue weighted by Gasteiger charge is -2.11. The molecule has 2 aromatic carbocycles. The minimum Gasteiger partial charge on any atom is -0.476 e. The maximum atomic E-state index is 14.3. The van der Waals surface area contributed by atoms with Gasteiger partial charge in [-0.05, 0) is 13.6 Å². The third-order valence-corrected chi connectivity index (χ3v) is 5.58. The Kier molecular flexibility index (Phi) is 5.84. The molecule has 2 N–H and O–H groups in total. The van der Waals surface area contributed by atoms with Gasteiger partial charge in [-0.2, -0.15) is 5.26 Å². The number of allylic oxidation sites excluding steroid dienone is 1. The Morgan fingerprint density at radius 2 is 2.10 bits per heavy atom. The summed E-state index contributed by atoms with van der Waals surface area (Å²) in [5.74, 6) is -2.57. The Morgan fingerprint density at radius 3 is 2.77 bits per heavy atom. The van der Waals surface area contributed by atoms with E-state index < -0.39 is 39.7 Å². The van der Waals surface area contributed by atoms with Gasteiger partial charge in [0.15, 0.2) is 24.0 Å². The number of aliphatic imine (C=N–C) groups is 1. The summed E-state index contributed by atoms with van der Waals surface area (Å²) in [5, 5.41) is 8.78. The third kappa shape index (κ3) is 3.88. The first-order valence-corrected chi connectivity index (χ1v) is 10.1. The van der Waals surface area contributed by atoms with Crippen LogP contribution in [0.3, 0.4) is 0 Å². The van der Waals surface area contributed by atoms with Gasteiger partial charge in [-0.15, -0.1) is 0 Å². The fourth-order valence-corrected chi connectivity index (χ4v) is 4.14. The van der Waals surface area contributed by atoms with Crippen molar-refractivity contribution in [2.75, 3.05) is 11.3 Å². The normalized spacial score (nSPS) is 11.5. The minimum atomic E-state index is -4.28. The fourth-order valence-electron chi connectivity index (χ4n) is 2.91. The van der Waals surface area contributed by atoms with Gasteiger partial charge >= 0.3 is 0 Å². The van der Waals surface area contributed by atoms with Crippen LogP contribution in [-0.4, -0.2) is 26.7 Å². The number of nitriles is 1. The molecular weight excluding hydrogens is 414 g/mol. The molecule has 0 bridgehead atoms. The number of nitrogens with one attached hydrogen (secondary N) is 2. The number of fused-ring (bicyclic) bond motifs is 1. The number of aromatic amines is 1. The zero-order valence-corrected chi connectivity index (χ0v) is 16.6. The molecule has 1 heterocycles. The molecule has 0 fully saturated rings. The lowest BCUT2D eigenvalue weighted by Crippen LogP contribution is -2.14. The molecule has 0 aliphatic carbocycles. The Labute approximate surface area is 171 Å². The van der Waals surface area contributed by atoms with Crippen LogP contribution in [0.2, 0.25) is 0 Å². The molecule has 0 spiro atoms. The van der Waals surface area contributed by atoms with Crippen molar-refractivity contribution in [3.63, 3.8) is 0 Å². The molecule has 1 aromatic heterocycles. The topological polar surface area (TPSA) is 107 Å². The molecule has 0 amide bonds. The number of nitrogens with zero attached hydrogens (tertiary/aromatic N) is 2. The lowest BCUT2D eigenvalue weighted by atomic mass is 10.1. The van der Waals surface area contributed by atoms with Gasteiger partial charge in [-0.1, -0.05) is 24.3 Å². The first-order chi connectivity index (χ1) is 14.3. The van der Waals surface area contributed by atoms with Crippen LogP contribution in [0, 0.1) is 23.0 Å². The number of benzene rings is 2. The molecule has 10 heteroatoms. The second-order valence-corrected chi connectivity index (χ2v) is 7.70. The van der Waals surface area contributed by atoms with Gasteiger partial charge in [-0.25, -0.2) is 17.2 Å². The Balaban J connectivity index is 2.03. The smallest absolute Gasteiger partial charge is 0.264 e. The van der Waals surface area contributed by atoms with Crippen molar-refractivity contribution in [1.82, 2.24) is 4.98 Å². The molecule has 0 saturated heterocycles. The van der Waals surface area contributed by atoms with Crippen LogP contribution in [0.5, 0.6) is 5.75 Å².